The third-order valence-electron chi connectivity index (χ3n) is 6.84. The third kappa shape index (κ3) is 5.29. The van der Waals surface area contributed by atoms with Crippen molar-refractivity contribution in [2.75, 3.05) is 14.2 Å². The van der Waals surface area contributed by atoms with Gasteiger partial charge in [0.05, 0.1) is 36.4 Å². The number of esters is 1. The van der Waals surface area contributed by atoms with Crippen LogP contribution in [0.25, 0.3) is 22.2 Å². The molecule has 1 aliphatic carbocycles. The molecule has 5 rings (SSSR count). The molecule has 2 atom stereocenters. The Labute approximate surface area is 242 Å². The number of nitrogens with one attached hydrogen (secondary N) is 1. The van der Waals surface area contributed by atoms with Crippen LogP contribution >= 0.6 is 0 Å². The van der Waals surface area contributed by atoms with Crippen LogP contribution in [0.15, 0.2) is 65.6 Å². The number of nitrogens with zero attached hydrogens (tertiary/aromatic N) is 2. The summed E-state index contributed by atoms with van der Waals surface area (Å²) in [7, 11) is -1.61. The van der Waals surface area contributed by atoms with E-state index in [0.29, 0.717) is 27.6 Å². The number of alkyl halides is 1. The van der Waals surface area contributed by atoms with E-state index in [9.17, 15) is 18.0 Å². The number of hydrogen-bond acceptors (Lipinski definition) is 8. The highest BCUT2D eigenvalue weighted by molar-refractivity contribution is 7.90. The Morgan fingerprint density at radius 1 is 1.05 bits per heavy atom. The molecule has 220 valence electrons. The van der Waals surface area contributed by atoms with Gasteiger partial charge in [-0.05, 0) is 62.2 Å². The Bertz CT molecular complexity index is 1800. The number of rotatable bonds is 6. The minimum Gasteiger partial charge on any atom is -0.481 e. The molecule has 0 aliphatic heterocycles. The second-order valence-corrected chi connectivity index (χ2v) is 12.6. The van der Waals surface area contributed by atoms with E-state index < -0.39 is 39.9 Å². The summed E-state index contributed by atoms with van der Waals surface area (Å²) in [5.41, 5.74) is 1.03. The number of ether oxygens (including phenoxy) is 3. The van der Waals surface area contributed by atoms with Crippen molar-refractivity contribution in [3.63, 3.8) is 0 Å². The van der Waals surface area contributed by atoms with Gasteiger partial charge in [0.1, 0.15) is 11.8 Å². The van der Waals surface area contributed by atoms with Crippen molar-refractivity contribution < 1.29 is 36.6 Å². The molecule has 0 spiro atoms. The van der Waals surface area contributed by atoms with Gasteiger partial charge < -0.3 is 19.5 Å². The van der Waals surface area contributed by atoms with Crippen LogP contribution in [0.2, 0.25) is 0 Å². The van der Waals surface area contributed by atoms with Crippen molar-refractivity contribution in [2.24, 2.45) is 0 Å². The number of amides is 1. The Morgan fingerprint density at radius 2 is 1.76 bits per heavy atom. The molecule has 0 unspecified atom stereocenters. The molecule has 0 radical (unpaired) electrons. The Morgan fingerprint density at radius 3 is 2.40 bits per heavy atom. The van der Waals surface area contributed by atoms with E-state index >= 15 is 4.39 Å². The molecule has 4 aromatic rings. The fourth-order valence-corrected chi connectivity index (χ4v) is 6.63. The number of alkyl carbamates (subject to hydrolysis) is 1. The Hall–Kier alpha value is -4.45. The summed E-state index contributed by atoms with van der Waals surface area (Å²) in [6.45, 7) is 5.13. The highest BCUT2D eigenvalue weighted by Gasteiger charge is 2.37. The van der Waals surface area contributed by atoms with E-state index in [1.807, 2.05) is 0 Å². The van der Waals surface area contributed by atoms with Crippen LogP contribution in [0, 0.1) is 0 Å². The predicted octanol–water partition coefficient (Wildman–Crippen LogP) is 5.20. The summed E-state index contributed by atoms with van der Waals surface area (Å²) in [5.74, 6) is -0.668. The van der Waals surface area contributed by atoms with Gasteiger partial charge in [-0.25, -0.2) is 31.4 Å². The zero-order chi connectivity index (χ0) is 30.4. The number of aromatic nitrogens is 2. The normalized spacial score (nSPS) is 16.6. The number of fused-ring (bicyclic) bond motifs is 3. The first-order valence-electron chi connectivity index (χ1n) is 13.1. The lowest BCUT2D eigenvalue weighted by Crippen LogP contribution is -2.37. The van der Waals surface area contributed by atoms with Crippen LogP contribution in [0.4, 0.5) is 9.18 Å². The molecular weight excluding hydrogens is 565 g/mol. The van der Waals surface area contributed by atoms with Gasteiger partial charge in [0, 0.05) is 23.4 Å². The second kappa shape index (κ2) is 10.8. The van der Waals surface area contributed by atoms with Crippen molar-refractivity contribution in [1.82, 2.24) is 14.3 Å². The molecule has 2 aromatic carbocycles. The summed E-state index contributed by atoms with van der Waals surface area (Å²) in [5, 5.41) is 3.10. The van der Waals surface area contributed by atoms with Crippen LogP contribution in [0.5, 0.6) is 5.88 Å². The van der Waals surface area contributed by atoms with Gasteiger partial charge in [-0.2, -0.15) is 0 Å². The largest absolute Gasteiger partial charge is 0.481 e. The zero-order valence-corrected chi connectivity index (χ0v) is 24.5. The van der Waals surface area contributed by atoms with Gasteiger partial charge in [-0.1, -0.05) is 24.3 Å². The lowest BCUT2D eigenvalue weighted by Gasteiger charge is -2.23. The molecule has 0 saturated heterocycles. The Kier molecular flexibility index (Phi) is 7.44. The molecule has 0 fully saturated rings. The molecule has 0 bridgehead atoms. The number of carbonyl (C=O) groups is 2. The van der Waals surface area contributed by atoms with Crippen LogP contribution in [-0.4, -0.2) is 55.4 Å². The second-order valence-electron chi connectivity index (χ2n) is 10.8. The van der Waals surface area contributed by atoms with E-state index in [2.05, 4.69) is 10.3 Å². The number of pyridine rings is 1. The van der Waals surface area contributed by atoms with Gasteiger partial charge in [-0.3, -0.25) is 0 Å². The molecule has 1 N–H and O–H groups in total. The van der Waals surface area contributed by atoms with Crippen LogP contribution in [-0.2, 0) is 25.9 Å². The lowest BCUT2D eigenvalue weighted by atomic mass is 10.0. The number of benzene rings is 2. The third-order valence-corrected chi connectivity index (χ3v) is 8.58. The molecular formula is C30H30FN3O7S. The maximum atomic E-state index is 15.4. The first-order valence-corrected chi connectivity index (χ1v) is 14.5. The Balaban J connectivity index is 1.74. The number of methoxy groups -OCH3 is 2. The molecule has 2 heterocycles. The number of halogens is 1. The van der Waals surface area contributed by atoms with Crippen molar-refractivity contribution in [1.29, 1.82) is 0 Å². The highest BCUT2D eigenvalue weighted by Crippen LogP contribution is 2.42. The first-order chi connectivity index (χ1) is 19.8. The topological polar surface area (TPSA) is 126 Å². The highest BCUT2D eigenvalue weighted by atomic mass is 32.2. The van der Waals surface area contributed by atoms with Gasteiger partial charge in [0.25, 0.3) is 10.0 Å². The van der Waals surface area contributed by atoms with Gasteiger partial charge in [0.2, 0.25) is 5.88 Å². The maximum absolute atomic E-state index is 15.4. The van der Waals surface area contributed by atoms with Crippen molar-refractivity contribution in [3.05, 3.63) is 77.5 Å². The van der Waals surface area contributed by atoms with E-state index in [0.717, 1.165) is 3.97 Å². The molecule has 1 aliphatic rings. The molecule has 42 heavy (non-hydrogen) atoms. The summed E-state index contributed by atoms with van der Waals surface area (Å²) in [6.07, 6.45) is -2.29. The summed E-state index contributed by atoms with van der Waals surface area (Å²) >= 11 is 0. The van der Waals surface area contributed by atoms with Crippen molar-refractivity contribution >= 4 is 33.0 Å². The van der Waals surface area contributed by atoms with E-state index in [-0.39, 0.29) is 28.6 Å². The molecule has 2 aromatic heterocycles. The smallest absolute Gasteiger partial charge is 0.408 e. The van der Waals surface area contributed by atoms with E-state index in [1.165, 1.54) is 38.5 Å². The van der Waals surface area contributed by atoms with Gasteiger partial charge >= 0.3 is 12.1 Å². The SMILES string of the molecule is COC(=O)c1cc(-c2cc3c4c(ccc3n2S(=O)(=O)c2ccccc2)[C@@H](NC(=O)OC(C)(C)C)[C@@H](F)C4)cc(OC)n1. The van der Waals surface area contributed by atoms with E-state index in [4.69, 9.17) is 14.2 Å². The summed E-state index contributed by atoms with van der Waals surface area (Å²) in [6, 6.07) is 14.6. The van der Waals surface area contributed by atoms with Gasteiger partial charge in [-0.15, -0.1) is 0 Å². The molecule has 10 nitrogen and oxygen atoms in total. The molecule has 12 heteroatoms. The number of hydrogen-bond donors (Lipinski definition) is 1. The minimum atomic E-state index is -4.19. The van der Waals surface area contributed by atoms with Crippen molar-refractivity contribution in [2.45, 2.75) is 49.9 Å². The molecule has 1 amide bonds. The monoisotopic (exact) mass is 595 g/mol. The molecule has 0 saturated carbocycles. The zero-order valence-electron chi connectivity index (χ0n) is 23.7. The predicted molar refractivity (Wildman–Crippen MR) is 153 cm³/mol. The minimum absolute atomic E-state index is 0.0336. The van der Waals surface area contributed by atoms with Crippen LogP contribution < -0.4 is 10.1 Å². The van der Waals surface area contributed by atoms with Crippen LogP contribution in [0.3, 0.4) is 0 Å². The fraction of sp³-hybridized carbons (Fsp3) is 0.300. The fourth-order valence-electron chi connectivity index (χ4n) is 5.09. The maximum Gasteiger partial charge on any atom is 0.408 e. The van der Waals surface area contributed by atoms with Gasteiger partial charge in [0.15, 0.2) is 5.69 Å². The van der Waals surface area contributed by atoms with Crippen LogP contribution in [0.1, 0.15) is 48.4 Å². The average molecular weight is 596 g/mol. The standard InChI is InChI=1S/C30H30FN3O7S/c1-30(2,3)41-29(36)33-27-19-11-12-24-21(20(19)15-22(27)31)16-25(34(24)42(37,38)18-9-7-6-8-10-18)17-13-23(28(35)40-5)32-26(14-17)39-4/h6-14,16,22,27H,15H2,1-5H3,(H,33,36)/t22-,27+/m0/s1. The van der Waals surface area contributed by atoms with E-state index in [1.54, 1.807) is 57.2 Å². The number of carbonyl (C=O) groups excluding carboxylic acids is 2. The van der Waals surface area contributed by atoms with Crippen molar-refractivity contribution in [3.8, 4) is 17.1 Å². The summed E-state index contributed by atoms with van der Waals surface area (Å²) in [4.78, 5) is 29.0. The lowest BCUT2D eigenvalue weighted by molar-refractivity contribution is 0.0478. The first kappa shape index (κ1) is 29.1. The quantitative estimate of drug-likeness (QED) is 0.302. The summed E-state index contributed by atoms with van der Waals surface area (Å²) < 4.78 is 60.3. The average Bonchev–Trinajstić information content (AvgIpc) is 3.50.